The SMILES string of the molecule is Cc1cc(CN2CCN([C@H](C)C(=O)c3c(C)[nH]c4ccccc34)CC2)no1. The fraction of sp³-hybridized carbons (Fsp3) is 0.429. The molecule has 4 rings (SSSR count). The molecule has 1 fully saturated rings. The van der Waals surface area contributed by atoms with E-state index in [2.05, 4.69) is 19.9 Å². The Morgan fingerprint density at radius 1 is 1.22 bits per heavy atom. The van der Waals surface area contributed by atoms with Crippen LogP contribution < -0.4 is 0 Å². The highest BCUT2D eigenvalue weighted by Crippen LogP contribution is 2.24. The second-order valence-electron chi connectivity index (χ2n) is 7.45. The minimum Gasteiger partial charge on any atom is -0.361 e. The van der Waals surface area contributed by atoms with Crippen LogP contribution in [0.15, 0.2) is 34.9 Å². The van der Waals surface area contributed by atoms with Gasteiger partial charge in [-0.2, -0.15) is 0 Å². The molecular weight excluding hydrogens is 340 g/mol. The van der Waals surface area contributed by atoms with Crippen LogP contribution in [0.3, 0.4) is 0 Å². The molecule has 1 saturated heterocycles. The van der Waals surface area contributed by atoms with Crippen LogP contribution in [0, 0.1) is 13.8 Å². The predicted molar refractivity (Wildman–Crippen MR) is 105 cm³/mol. The molecule has 2 aromatic heterocycles. The van der Waals surface area contributed by atoms with E-state index < -0.39 is 0 Å². The summed E-state index contributed by atoms with van der Waals surface area (Å²) in [5, 5.41) is 5.10. The highest BCUT2D eigenvalue weighted by Gasteiger charge is 2.29. The number of carbonyl (C=O) groups is 1. The van der Waals surface area contributed by atoms with Gasteiger partial charge in [0.15, 0.2) is 5.78 Å². The summed E-state index contributed by atoms with van der Waals surface area (Å²) < 4.78 is 5.15. The maximum atomic E-state index is 13.2. The van der Waals surface area contributed by atoms with E-state index in [1.54, 1.807) is 0 Å². The number of para-hydroxylation sites is 1. The topological polar surface area (TPSA) is 65.4 Å². The molecule has 3 heterocycles. The van der Waals surface area contributed by atoms with Gasteiger partial charge in [-0.1, -0.05) is 23.4 Å². The molecule has 0 aliphatic carbocycles. The molecule has 1 aromatic carbocycles. The number of carbonyl (C=O) groups excluding carboxylic acids is 1. The fourth-order valence-corrected chi connectivity index (χ4v) is 4.00. The van der Waals surface area contributed by atoms with E-state index in [-0.39, 0.29) is 11.8 Å². The fourth-order valence-electron chi connectivity index (χ4n) is 4.00. The highest BCUT2D eigenvalue weighted by atomic mass is 16.5. The summed E-state index contributed by atoms with van der Waals surface area (Å²) in [7, 11) is 0. The molecule has 6 nitrogen and oxygen atoms in total. The molecule has 1 aliphatic rings. The number of hydrogen-bond donors (Lipinski definition) is 1. The number of ketones is 1. The molecule has 3 aromatic rings. The molecule has 1 aliphatic heterocycles. The number of fused-ring (bicyclic) bond motifs is 1. The van der Waals surface area contributed by atoms with Crippen LogP contribution >= 0.6 is 0 Å². The third-order valence-electron chi connectivity index (χ3n) is 5.54. The quantitative estimate of drug-likeness (QED) is 0.703. The van der Waals surface area contributed by atoms with E-state index in [0.717, 1.165) is 66.3 Å². The molecule has 0 radical (unpaired) electrons. The number of aromatic nitrogens is 2. The zero-order valence-electron chi connectivity index (χ0n) is 16.2. The third-order valence-corrected chi connectivity index (χ3v) is 5.54. The highest BCUT2D eigenvalue weighted by molar-refractivity contribution is 6.11. The van der Waals surface area contributed by atoms with Crippen molar-refractivity contribution in [3.05, 3.63) is 53.0 Å². The van der Waals surface area contributed by atoms with Gasteiger partial charge in [-0.05, 0) is 26.8 Å². The molecule has 0 bridgehead atoms. The molecule has 1 atom stereocenters. The molecule has 0 unspecified atom stereocenters. The van der Waals surface area contributed by atoms with Gasteiger partial charge in [-0.15, -0.1) is 0 Å². The van der Waals surface area contributed by atoms with E-state index >= 15 is 0 Å². The van der Waals surface area contributed by atoms with E-state index in [9.17, 15) is 4.79 Å². The zero-order valence-corrected chi connectivity index (χ0v) is 16.2. The molecule has 0 spiro atoms. The van der Waals surface area contributed by atoms with Crippen LogP contribution in [0.5, 0.6) is 0 Å². The monoisotopic (exact) mass is 366 g/mol. The van der Waals surface area contributed by atoms with Gasteiger partial charge in [0.25, 0.3) is 0 Å². The van der Waals surface area contributed by atoms with Gasteiger partial charge in [-0.25, -0.2) is 0 Å². The number of nitrogens with one attached hydrogen (secondary N) is 1. The number of rotatable bonds is 5. The van der Waals surface area contributed by atoms with Crippen molar-refractivity contribution in [3.8, 4) is 0 Å². The van der Waals surface area contributed by atoms with Crippen LogP contribution in [0.2, 0.25) is 0 Å². The number of piperazine rings is 1. The number of Topliss-reactive ketones (excluding diaryl/α,β-unsaturated/α-hetero) is 1. The maximum absolute atomic E-state index is 13.2. The van der Waals surface area contributed by atoms with Gasteiger partial charge in [0, 0.05) is 61.0 Å². The number of aryl methyl sites for hydroxylation is 2. The number of aromatic amines is 1. The summed E-state index contributed by atoms with van der Waals surface area (Å²) in [5.74, 6) is 1.04. The lowest BCUT2D eigenvalue weighted by Gasteiger charge is -2.37. The van der Waals surface area contributed by atoms with Crippen LogP contribution in [0.25, 0.3) is 10.9 Å². The van der Waals surface area contributed by atoms with Crippen molar-refractivity contribution in [1.82, 2.24) is 19.9 Å². The number of benzene rings is 1. The molecule has 0 amide bonds. The van der Waals surface area contributed by atoms with E-state index in [0.29, 0.717) is 0 Å². The van der Waals surface area contributed by atoms with E-state index in [1.165, 1.54) is 0 Å². The minimum absolute atomic E-state index is 0.126. The van der Waals surface area contributed by atoms with Gasteiger partial charge in [0.1, 0.15) is 5.76 Å². The summed E-state index contributed by atoms with van der Waals surface area (Å²) in [6, 6.07) is 9.88. The Balaban J connectivity index is 1.42. The minimum atomic E-state index is -0.126. The summed E-state index contributed by atoms with van der Waals surface area (Å²) >= 11 is 0. The normalized spacial score (nSPS) is 17.4. The largest absolute Gasteiger partial charge is 0.361 e. The van der Waals surface area contributed by atoms with Gasteiger partial charge >= 0.3 is 0 Å². The first kappa shape index (κ1) is 17.9. The van der Waals surface area contributed by atoms with Gasteiger partial charge < -0.3 is 9.51 Å². The zero-order chi connectivity index (χ0) is 19.0. The number of hydrogen-bond acceptors (Lipinski definition) is 5. The van der Waals surface area contributed by atoms with Crippen LogP contribution in [-0.4, -0.2) is 57.9 Å². The lowest BCUT2D eigenvalue weighted by atomic mass is 10.0. The van der Waals surface area contributed by atoms with Crippen LogP contribution in [0.4, 0.5) is 0 Å². The molecule has 0 saturated carbocycles. The Kier molecular flexibility index (Phi) is 4.85. The number of H-pyrrole nitrogens is 1. The lowest BCUT2D eigenvalue weighted by Crippen LogP contribution is -2.51. The van der Waals surface area contributed by atoms with Crippen molar-refractivity contribution in [2.24, 2.45) is 0 Å². The Hall–Kier alpha value is -2.44. The van der Waals surface area contributed by atoms with Crippen molar-refractivity contribution in [3.63, 3.8) is 0 Å². The smallest absolute Gasteiger partial charge is 0.182 e. The van der Waals surface area contributed by atoms with Gasteiger partial charge in [0.05, 0.1) is 11.7 Å². The summed E-state index contributed by atoms with van der Waals surface area (Å²) in [5.41, 5.74) is 3.78. The molecule has 142 valence electrons. The van der Waals surface area contributed by atoms with Crippen molar-refractivity contribution in [2.75, 3.05) is 26.2 Å². The maximum Gasteiger partial charge on any atom is 0.182 e. The third kappa shape index (κ3) is 3.55. The van der Waals surface area contributed by atoms with Crippen molar-refractivity contribution in [1.29, 1.82) is 0 Å². The molecule has 1 N–H and O–H groups in total. The summed E-state index contributed by atoms with van der Waals surface area (Å²) in [6.07, 6.45) is 0. The average molecular weight is 366 g/mol. The second-order valence-corrected chi connectivity index (χ2v) is 7.45. The first-order valence-electron chi connectivity index (χ1n) is 9.53. The Morgan fingerprint density at radius 3 is 2.67 bits per heavy atom. The Bertz CT molecular complexity index is 950. The lowest BCUT2D eigenvalue weighted by molar-refractivity contribution is 0.0684. The van der Waals surface area contributed by atoms with Gasteiger partial charge in [-0.3, -0.25) is 14.6 Å². The summed E-state index contributed by atoms with van der Waals surface area (Å²) in [6.45, 7) is 10.3. The first-order chi connectivity index (χ1) is 13.0. The van der Waals surface area contributed by atoms with Crippen LogP contribution in [-0.2, 0) is 6.54 Å². The number of nitrogens with zero attached hydrogens (tertiary/aromatic N) is 3. The second kappa shape index (κ2) is 7.29. The van der Waals surface area contributed by atoms with Crippen molar-refractivity contribution < 1.29 is 9.32 Å². The van der Waals surface area contributed by atoms with E-state index in [1.807, 2.05) is 51.1 Å². The van der Waals surface area contributed by atoms with Crippen LogP contribution in [0.1, 0.15) is 34.4 Å². The van der Waals surface area contributed by atoms with E-state index in [4.69, 9.17) is 4.52 Å². The van der Waals surface area contributed by atoms with Gasteiger partial charge in [0.2, 0.25) is 0 Å². The predicted octanol–water partition coefficient (Wildman–Crippen LogP) is 3.16. The van der Waals surface area contributed by atoms with Crippen molar-refractivity contribution >= 4 is 16.7 Å². The Morgan fingerprint density at radius 2 is 1.96 bits per heavy atom. The molecule has 27 heavy (non-hydrogen) atoms. The first-order valence-corrected chi connectivity index (χ1v) is 9.53. The van der Waals surface area contributed by atoms with Crippen molar-refractivity contribution in [2.45, 2.75) is 33.4 Å². The molecular formula is C21H26N4O2. The molecule has 6 heteroatoms. The standard InChI is InChI=1S/C21H26N4O2/c1-14-12-17(23-27-14)13-24-8-10-25(11-9-24)16(3)21(26)20-15(2)22-19-7-5-4-6-18(19)20/h4-7,12,16,22H,8-11,13H2,1-3H3/t16-/m1/s1. The summed E-state index contributed by atoms with van der Waals surface area (Å²) in [4.78, 5) is 21.2. The Labute approximate surface area is 159 Å². The average Bonchev–Trinajstić information content (AvgIpc) is 3.23.